The molecule has 20 heavy (non-hydrogen) atoms. The molecule has 0 aromatic carbocycles. The largest absolute Gasteiger partial charge is 0.466 e. The molecule has 0 aliphatic carbocycles. The van der Waals surface area contributed by atoms with Gasteiger partial charge < -0.3 is 8.83 Å². The van der Waals surface area contributed by atoms with Crippen molar-refractivity contribution in [2.75, 3.05) is 0 Å². The summed E-state index contributed by atoms with van der Waals surface area (Å²) in [6, 6.07) is 1.91. The van der Waals surface area contributed by atoms with Crippen LogP contribution in [0.15, 0.2) is 24.6 Å². The molecule has 0 unspecified atom stereocenters. The van der Waals surface area contributed by atoms with Gasteiger partial charge in [0.15, 0.2) is 4.34 Å². The summed E-state index contributed by atoms with van der Waals surface area (Å²) in [5.74, 6) is 3.35. The Morgan fingerprint density at radius 3 is 2.70 bits per heavy atom. The van der Waals surface area contributed by atoms with Crippen molar-refractivity contribution in [2.45, 2.75) is 30.9 Å². The van der Waals surface area contributed by atoms with Gasteiger partial charge in [-0.3, -0.25) is 0 Å². The Hall–Kier alpha value is -1.60. The van der Waals surface area contributed by atoms with E-state index in [1.54, 1.807) is 23.1 Å². The molecule has 3 heterocycles. The topological polar surface area (TPSA) is 65.0 Å². The van der Waals surface area contributed by atoms with Crippen LogP contribution in [0.2, 0.25) is 0 Å². The Morgan fingerprint density at radius 2 is 2.05 bits per heavy atom. The number of nitrogens with zero attached hydrogens (tertiary/aromatic N) is 3. The smallest absolute Gasteiger partial charge is 0.251 e. The summed E-state index contributed by atoms with van der Waals surface area (Å²) in [7, 11) is 0. The van der Waals surface area contributed by atoms with E-state index in [9.17, 15) is 0 Å². The Bertz CT molecular complexity index is 730. The van der Waals surface area contributed by atoms with Crippen molar-refractivity contribution in [3.05, 3.63) is 34.6 Å². The zero-order valence-corrected chi connectivity index (χ0v) is 13.0. The average Bonchev–Trinajstić information content (AvgIpc) is 3.08. The standard InChI is InChI=1S/C13H13N3O2S2/c1-7-5-19-13(14-7)20-6-11-15-16-12(18-11)10-4-8(2)17-9(10)3/h4-5H,6H2,1-3H3. The van der Waals surface area contributed by atoms with E-state index < -0.39 is 0 Å². The molecule has 0 spiro atoms. The first-order valence-corrected chi connectivity index (χ1v) is 7.93. The lowest BCUT2D eigenvalue weighted by Crippen LogP contribution is -1.80. The fraction of sp³-hybridized carbons (Fsp3) is 0.308. The van der Waals surface area contributed by atoms with Gasteiger partial charge in [0.1, 0.15) is 11.5 Å². The molecule has 0 fully saturated rings. The summed E-state index contributed by atoms with van der Waals surface area (Å²) >= 11 is 3.22. The van der Waals surface area contributed by atoms with Crippen LogP contribution in [0.4, 0.5) is 0 Å². The second-order valence-electron chi connectivity index (χ2n) is 4.37. The summed E-state index contributed by atoms with van der Waals surface area (Å²) in [4.78, 5) is 4.38. The van der Waals surface area contributed by atoms with Crippen LogP contribution in [-0.2, 0) is 5.75 Å². The predicted molar refractivity (Wildman–Crippen MR) is 77.9 cm³/mol. The molecule has 7 heteroatoms. The first-order valence-electron chi connectivity index (χ1n) is 6.06. The van der Waals surface area contributed by atoms with Crippen molar-refractivity contribution in [2.24, 2.45) is 0 Å². The molecule has 0 aliphatic heterocycles. The Labute approximate surface area is 124 Å². The SMILES string of the molecule is Cc1csc(SCc2nnc(-c3cc(C)oc3C)o2)n1. The van der Waals surface area contributed by atoms with E-state index >= 15 is 0 Å². The van der Waals surface area contributed by atoms with E-state index in [1.165, 1.54) is 0 Å². The highest BCUT2D eigenvalue weighted by Gasteiger charge is 2.15. The maximum atomic E-state index is 5.67. The minimum atomic E-state index is 0.505. The van der Waals surface area contributed by atoms with Gasteiger partial charge in [-0.15, -0.1) is 21.5 Å². The van der Waals surface area contributed by atoms with Crippen LogP contribution < -0.4 is 0 Å². The van der Waals surface area contributed by atoms with Crippen LogP contribution >= 0.6 is 23.1 Å². The summed E-state index contributed by atoms with van der Waals surface area (Å²) in [5, 5.41) is 10.2. The molecule has 0 aliphatic rings. The number of aromatic nitrogens is 3. The molecule has 5 nitrogen and oxygen atoms in total. The number of aryl methyl sites for hydroxylation is 3. The van der Waals surface area contributed by atoms with E-state index in [0.717, 1.165) is 27.1 Å². The van der Waals surface area contributed by atoms with Crippen LogP contribution in [0.3, 0.4) is 0 Å². The van der Waals surface area contributed by atoms with Crippen LogP contribution in [0.5, 0.6) is 0 Å². The molecule has 0 saturated carbocycles. The van der Waals surface area contributed by atoms with Gasteiger partial charge in [-0.2, -0.15) is 0 Å². The number of hydrogen-bond donors (Lipinski definition) is 0. The number of hydrogen-bond acceptors (Lipinski definition) is 7. The van der Waals surface area contributed by atoms with Crippen molar-refractivity contribution in [3.8, 4) is 11.5 Å². The van der Waals surface area contributed by atoms with E-state index in [0.29, 0.717) is 17.5 Å². The minimum Gasteiger partial charge on any atom is -0.466 e. The minimum absolute atomic E-state index is 0.505. The van der Waals surface area contributed by atoms with E-state index in [-0.39, 0.29) is 0 Å². The molecule has 104 valence electrons. The van der Waals surface area contributed by atoms with Gasteiger partial charge in [0.2, 0.25) is 5.89 Å². The third kappa shape index (κ3) is 2.78. The van der Waals surface area contributed by atoms with Crippen molar-refractivity contribution >= 4 is 23.1 Å². The quantitative estimate of drug-likeness (QED) is 0.679. The molecule has 3 rings (SSSR count). The van der Waals surface area contributed by atoms with Crippen LogP contribution in [0, 0.1) is 20.8 Å². The van der Waals surface area contributed by atoms with Gasteiger partial charge in [-0.1, -0.05) is 11.8 Å². The molecule has 3 aromatic heterocycles. The molecule has 3 aromatic rings. The number of furan rings is 1. The van der Waals surface area contributed by atoms with E-state index in [4.69, 9.17) is 8.83 Å². The maximum Gasteiger partial charge on any atom is 0.251 e. The fourth-order valence-electron chi connectivity index (χ4n) is 1.79. The van der Waals surface area contributed by atoms with Crippen LogP contribution in [-0.4, -0.2) is 15.2 Å². The number of rotatable bonds is 4. The lowest BCUT2D eigenvalue weighted by atomic mass is 10.2. The second kappa shape index (κ2) is 5.41. The van der Waals surface area contributed by atoms with Gasteiger partial charge in [0.25, 0.3) is 5.89 Å². The summed E-state index contributed by atoms with van der Waals surface area (Å²) < 4.78 is 12.1. The number of thiazole rings is 1. The third-order valence-corrected chi connectivity index (χ3v) is 4.78. The van der Waals surface area contributed by atoms with Gasteiger partial charge >= 0.3 is 0 Å². The van der Waals surface area contributed by atoms with Crippen LogP contribution in [0.25, 0.3) is 11.5 Å². The zero-order chi connectivity index (χ0) is 14.1. The van der Waals surface area contributed by atoms with E-state index in [2.05, 4.69) is 15.2 Å². The lowest BCUT2D eigenvalue weighted by molar-refractivity contribution is 0.499. The normalized spacial score (nSPS) is 11.2. The molecule has 0 N–H and O–H groups in total. The molecular weight excluding hydrogens is 294 g/mol. The van der Waals surface area contributed by atoms with E-state index in [1.807, 2.05) is 32.2 Å². The Balaban J connectivity index is 1.72. The van der Waals surface area contributed by atoms with Gasteiger partial charge in [-0.05, 0) is 26.8 Å². The van der Waals surface area contributed by atoms with Crippen molar-refractivity contribution in [1.29, 1.82) is 0 Å². The third-order valence-electron chi connectivity index (χ3n) is 2.66. The number of thioether (sulfide) groups is 1. The van der Waals surface area contributed by atoms with Crippen LogP contribution in [0.1, 0.15) is 23.1 Å². The maximum absolute atomic E-state index is 5.67. The van der Waals surface area contributed by atoms with Gasteiger partial charge in [0.05, 0.1) is 11.3 Å². The fourth-order valence-corrected chi connectivity index (χ4v) is 3.47. The van der Waals surface area contributed by atoms with Crippen molar-refractivity contribution < 1.29 is 8.83 Å². The molecule has 0 saturated heterocycles. The predicted octanol–water partition coefficient (Wildman–Crippen LogP) is 4.00. The van der Waals surface area contributed by atoms with Gasteiger partial charge in [-0.25, -0.2) is 4.98 Å². The molecular formula is C13H13N3O2S2. The molecule has 0 bridgehead atoms. The Kier molecular flexibility index (Phi) is 3.62. The summed E-state index contributed by atoms with van der Waals surface area (Å²) in [6.45, 7) is 5.77. The molecule has 0 amide bonds. The highest BCUT2D eigenvalue weighted by atomic mass is 32.2. The molecule has 0 atom stereocenters. The van der Waals surface area contributed by atoms with Crippen molar-refractivity contribution in [3.63, 3.8) is 0 Å². The molecule has 0 radical (unpaired) electrons. The second-order valence-corrected chi connectivity index (χ2v) is 6.45. The highest BCUT2D eigenvalue weighted by Crippen LogP contribution is 2.28. The summed E-state index contributed by atoms with van der Waals surface area (Å²) in [6.07, 6.45) is 0. The van der Waals surface area contributed by atoms with Crippen molar-refractivity contribution in [1.82, 2.24) is 15.2 Å². The van der Waals surface area contributed by atoms with Gasteiger partial charge in [0, 0.05) is 11.1 Å². The monoisotopic (exact) mass is 307 g/mol. The average molecular weight is 307 g/mol. The first kappa shape index (κ1) is 13.4. The highest BCUT2D eigenvalue weighted by molar-refractivity contribution is 8.00. The first-order chi connectivity index (χ1) is 9.61. The lowest BCUT2D eigenvalue weighted by Gasteiger charge is -1.92. The zero-order valence-electron chi connectivity index (χ0n) is 11.3. The summed E-state index contributed by atoms with van der Waals surface area (Å²) in [5.41, 5.74) is 1.89. The Morgan fingerprint density at radius 1 is 1.20 bits per heavy atom.